The van der Waals surface area contributed by atoms with E-state index in [1.807, 2.05) is 74.0 Å². The third kappa shape index (κ3) is 4.85. The minimum Gasteiger partial charge on any atom is -0.488 e. The Morgan fingerprint density at radius 3 is 2.65 bits per heavy atom. The molecule has 0 aliphatic carbocycles. The Bertz CT molecular complexity index is 1310. The van der Waals surface area contributed by atoms with Crippen molar-refractivity contribution in [2.75, 3.05) is 0 Å². The lowest BCUT2D eigenvalue weighted by Crippen LogP contribution is -2.52. The molecular weight excluding hydrogens is 438 g/mol. The number of carbonyl (C=O) groups is 1. The number of fused-ring (bicyclic) bond motifs is 2. The van der Waals surface area contributed by atoms with Crippen molar-refractivity contribution in [1.29, 1.82) is 0 Å². The standard InChI is InChI=1S/C26H28F2N4O2/c1-5-23(24(16(2)3)31-25(33)26(4,27)28)34-20-9-11-22-18(14-20)15-30-32(22)19-8-10-21-17(13-19)7-6-12-29-21/h6-16,23-24H,5H2,1-4H3,(H,31,33)/t23-,24+/m1/s1. The van der Waals surface area contributed by atoms with Crippen molar-refractivity contribution < 1.29 is 18.3 Å². The number of amides is 1. The Labute approximate surface area is 196 Å². The number of ether oxygens (including phenoxy) is 1. The molecule has 2 atom stereocenters. The van der Waals surface area contributed by atoms with Crippen molar-refractivity contribution in [2.24, 2.45) is 5.92 Å². The Hall–Kier alpha value is -3.55. The number of carbonyl (C=O) groups excluding carboxylic acids is 1. The van der Waals surface area contributed by atoms with Crippen LogP contribution in [-0.2, 0) is 4.79 Å². The lowest BCUT2D eigenvalue weighted by Gasteiger charge is -2.31. The van der Waals surface area contributed by atoms with Gasteiger partial charge in [0, 0.05) is 23.9 Å². The molecular formula is C26H28F2N4O2. The maximum Gasteiger partial charge on any atom is 0.321 e. The van der Waals surface area contributed by atoms with Crippen molar-refractivity contribution in [2.45, 2.75) is 52.2 Å². The lowest BCUT2D eigenvalue weighted by atomic mass is 9.96. The van der Waals surface area contributed by atoms with Gasteiger partial charge < -0.3 is 10.1 Å². The number of aromatic nitrogens is 3. The van der Waals surface area contributed by atoms with Crippen LogP contribution in [0.2, 0.25) is 0 Å². The van der Waals surface area contributed by atoms with E-state index in [1.54, 1.807) is 12.4 Å². The summed E-state index contributed by atoms with van der Waals surface area (Å²) in [6, 6.07) is 14.9. The predicted molar refractivity (Wildman–Crippen MR) is 128 cm³/mol. The van der Waals surface area contributed by atoms with Crippen LogP contribution in [0.1, 0.15) is 34.1 Å². The van der Waals surface area contributed by atoms with Crippen LogP contribution >= 0.6 is 0 Å². The summed E-state index contributed by atoms with van der Waals surface area (Å²) in [6.45, 7) is 6.24. The molecule has 1 amide bonds. The SMILES string of the molecule is CC[C@@H](Oc1ccc2c(cnn2-c2ccc3ncccc3c2)c1)[C@@H](NC(=O)C(C)(F)F)C(C)C. The van der Waals surface area contributed by atoms with E-state index in [4.69, 9.17) is 4.74 Å². The zero-order valence-electron chi connectivity index (χ0n) is 19.6. The minimum absolute atomic E-state index is 0.0925. The molecule has 0 aliphatic heterocycles. The molecule has 0 spiro atoms. The highest BCUT2D eigenvalue weighted by atomic mass is 19.3. The average Bonchev–Trinajstić information content (AvgIpc) is 3.23. The molecule has 0 unspecified atom stereocenters. The molecule has 2 heterocycles. The van der Waals surface area contributed by atoms with Gasteiger partial charge in [-0.15, -0.1) is 0 Å². The van der Waals surface area contributed by atoms with E-state index < -0.39 is 24.0 Å². The number of nitrogens with zero attached hydrogens (tertiary/aromatic N) is 3. The van der Waals surface area contributed by atoms with Crippen molar-refractivity contribution in [3.63, 3.8) is 0 Å². The highest BCUT2D eigenvalue weighted by Crippen LogP contribution is 2.27. The summed E-state index contributed by atoms with van der Waals surface area (Å²) in [5.74, 6) is -4.25. The Balaban J connectivity index is 1.59. The summed E-state index contributed by atoms with van der Waals surface area (Å²) in [5, 5.41) is 8.91. The molecule has 0 aliphatic rings. The quantitative estimate of drug-likeness (QED) is 0.371. The Morgan fingerprint density at radius 1 is 1.15 bits per heavy atom. The van der Waals surface area contributed by atoms with E-state index in [0.717, 1.165) is 27.5 Å². The number of alkyl halides is 2. The maximum atomic E-state index is 13.5. The van der Waals surface area contributed by atoms with Gasteiger partial charge in [-0.05, 0) is 54.8 Å². The third-order valence-corrected chi connectivity index (χ3v) is 5.88. The molecule has 34 heavy (non-hydrogen) atoms. The fourth-order valence-electron chi connectivity index (χ4n) is 4.04. The van der Waals surface area contributed by atoms with Crippen LogP contribution in [0, 0.1) is 5.92 Å². The number of nitrogens with one attached hydrogen (secondary N) is 1. The highest BCUT2D eigenvalue weighted by Gasteiger charge is 2.36. The van der Waals surface area contributed by atoms with E-state index >= 15 is 0 Å². The molecule has 0 fully saturated rings. The van der Waals surface area contributed by atoms with Crippen molar-refractivity contribution in [1.82, 2.24) is 20.1 Å². The molecule has 8 heteroatoms. The smallest absolute Gasteiger partial charge is 0.321 e. The van der Waals surface area contributed by atoms with E-state index in [-0.39, 0.29) is 5.92 Å². The minimum atomic E-state index is -3.45. The second kappa shape index (κ2) is 9.37. The van der Waals surface area contributed by atoms with E-state index in [0.29, 0.717) is 19.1 Å². The number of halogens is 2. The fraction of sp³-hybridized carbons (Fsp3) is 0.346. The third-order valence-electron chi connectivity index (χ3n) is 5.88. The molecule has 0 saturated heterocycles. The number of pyridine rings is 1. The normalized spacial score (nSPS) is 13.9. The summed E-state index contributed by atoms with van der Waals surface area (Å²) >= 11 is 0. The molecule has 1 N–H and O–H groups in total. The summed E-state index contributed by atoms with van der Waals surface area (Å²) in [7, 11) is 0. The fourth-order valence-corrected chi connectivity index (χ4v) is 4.04. The summed E-state index contributed by atoms with van der Waals surface area (Å²) in [5.41, 5.74) is 2.73. The molecule has 6 nitrogen and oxygen atoms in total. The van der Waals surface area contributed by atoms with Gasteiger partial charge in [-0.1, -0.05) is 26.8 Å². The Morgan fingerprint density at radius 2 is 1.94 bits per heavy atom. The van der Waals surface area contributed by atoms with Gasteiger partial charge >= 0.3 is 5.92 Å². The van der Waals surface area contributed by atoms with Crippen LogP contribution in [0.4, 0.5) is 8.78 Å². The van der Waals surface area contributed by atoms with Crippen LogP contribution < -0.4 is 10.1 Å². The summed E-state index contributed by atoms with van der Waals surface area (Å²) in [4.78, 5) is 16.3. The first-order valence-electron chi connectivity index (χ1n) is 11.4. The van der Waals surface area contributed by atoms with Crippen molar-refractivity contribution >= 4 is 27.7 Å². The monoisotopic (exact) mass is 466 g/mol. The maximum absolute atomic E-state index is 13.5. The molecule has 0 saturated carbocycles. The van der Waals surface area contributed by atoms with Crippen LogP contribution in [-0.4, -0.2) is 38.7 Å². The number of hydrogen-bond acceptors (Lipinski definition) is 4. The van der Waals surface area contributed by atoms with Gasteiger partial charge in [-0.3, -0.25) is 9.78 Å². The molecule has 4 rings (SSSR count). The molecule has 178 valence electrons. The van der Waals surface area contributed by atoms with Gasteiger partial charge in [-0.25, -0.2) is 4.68 Å². The predicted octanol–water partition coefficient (Wildman–Crippen LogP) is 5.53. The molecule has 0 bridgehead atoms. The van der Waals surface area contributed by atoms with E-state index in [2.05, 4.69) is 15.4 Å². The summed E-state index contributed by atoms with van der Waals surface area (Å²) < 4.78 is 35.0. The topological polar surface area (TPSA) is 69.0 Å². The number of hydrogen-bond donors (Lipinski definition) is 1. The van der Waals surface area contributed by atoms with E-state index in [1.165, 1.54) is 0 Å². The van der Waals surface area contributed by atoms with Crippen LogP contribution in [0.15, 0.2) is 60.9 Å². The van der Waals surface area contributed by atoms with Crippen molar-refractivity contribution in [3.8, 4) is 11.4 Å². The average molecular weight is 467 g/mol. The van der Waals surface area contributed by atoms with Gasteiger partial charge in [0.1, 0.15) is 11.9 Å². The zero-order chi connectivity index (χ0) is 24.5. The second-order valence-electron chi connectivity index (χ2n) is 8.85. The van der Waals surface area contributed by atoms with Crippen LogP contribution in [0.25, 0.3) is 27.5 Å². The van der Waals surface area contributed by atoms with Gasteiger partial charge in [-0.2, -0.15) is 13.9 Å². The van der Waals surface area contributed by atoms with Gasteiger partial charge in [0.25, 0.3) is 5.91 Å². The first-order valence-corrected chi connectivity index (χ1v) is 11.4. The zero-order valence-corrected chi connectivity index (χ0v) is 19.6. The molecule has 2 aromatic heterocycles. The van der Waals surface area contributed by atoms with Gasteiger partial charge in [0.05, 0.1) is 29.0 Å². The van der Waals surface area contributed by atoms with Gasteiger partial charge in [0.15, 0.2) is 0 Å². The van der Waals surface area contributed by atoms with Gasteiger partial charge in [0.2, 0.25) is 0 Å². The van der Waals surface area contributed by atoms with E-state index in [9.17, 15) is 13.6 Å². The lowest BCUT2D eigenvalue weighted by molar-refractivity contribution is -0.145. The molecule has 0 radical (unpaired) electrons. The second-order valence-corrected chi connectivity index (χ2v) is 8.85. The molecule has 2 aromatic carbocycles. The number of benzene rings is 2. The highest BCUT2D eigenvalue weighted by molar-refractivity contribution is 5.85. The molecule has 4 aromatic rings. The van der Waals surface area contributed by atoms with Crippen molar-refractivity contribution in [3.05, 3.63) is 60.9 Å². The first-order chi connectivity index (χ1) is 16.2. The van der Waals surface area contributed by atoms with Crippen LogP contribution in [0.5, 0.6) is 5.75 Å². The first kappa shape index (κ1) is 23.6. The Kier molecular flexibility index (Phi) is 6.50. The largest absolute Gasteiger partial charge is 0.488 e. The summed E-state index contributed by atoms with van der Waals surface area (Å²) in [6.07, 6.45) is 3.60. The van der Waals surface area contributed by atoms with Crippen LogP contribution in [0.3, 0.4) is 0 Å². The number of rotatable bonds is 8.